The van der Waals surface area contributed by atoms with Crippen molar-refractivity contribution in [2.75, 3.05) is 6.61 Å². The second-order valence-corrected chi connectivity index (χ2v) is 8.63. The van der Waals surface area contributed by atoms with Crippen molar-refractivity contribution in [1.29, 1.82) is 0 Å². The van der Waals surface area contributed by atoms with Gasteiger partial charge in [-0.2, -0.15) is 39.5 Å². The Morgan fingerprint density at radius 3 is 1.92 bits per heavy atom. The summed E-state index contributed by atoms with van der Waals surface area (Å²) >= 11 is 0. The molecule has 11 heteroatoms. The van der Waals surface area contributed by atoms with Gasteiger partial charge in [0.2, 0.25) is 0 Å². The summed E-state index contributed by atoms with van der Waals surface area (Å²) in [6, 6.07) is 3.52. The second-order valence-electron chi connectivity index (χ2n) is 8.63. The van der Waals surface area contributed by atoms with Crippen molar-refractivity contribution < 1.29 is 49.0 Å². The molecule has 1 aromatic rings. The summed E-state index contributed by atoms with van der Waals surface area (Å²) < 4.78 is 123. The molecule has 0 spiro atoms. The Morgan fingerprint density at radius 1 is 0.833 bits per heavy atom. The molecule has 2 nitrogen and oxygen atoms in total. The average Bonchev–Trinajstić information content (AvgIpc) is 2.80. The van der Waals surface area contributed by atoms with Crippen LogP contribution in [0.2, 0.25) is 0 Å². The van der Waals surface area contributed by atoms with E-state index in [4.69, 9.17) is 4.74 Å². The van der Waals surface area contributed by atoms with E-state index >= 15 is 0 Å². The summed E-state index contributed by atoms with van der Waals surface area (Å²) in [7, 11) is 0. The molecule has 0 saturated heterocycles. The van der Waals surface area contributed by atoms with E-state index in [2.05, 4.69) is 13.5 Å². The first-order valence-corrected chi connectivity index (χ1v) is 11.7. The lowest BCUT2D eigenvalue weighted by Crippen LogP contribution is -2.60. The summed E-state index contributed by atoms with van der Waals surface area (Å²) in [6.45, 7) is 5.67. The van der Waals surface area contributed by atoms with E-state index in [1.165, 1.54) is 31.1 Å². The zero-order chi connectivity index (χ0) is 27.6. The van der Waals surface area contributed by atoms with Crippen LogP contribution in [0.25, 0.3) is 6.08 Å². The van der Waals surface area contributed by atoms with Gasteiger partial charge in [0.25, 0.3) is 0 Å². The van der Waals surface area contributed by atoms with Gasteiger partial charge in [0, 0.05) is 6.42 Å². The topological polar surface area (TPSA) is 26.3 Å². The monoisotopic (exact) mass is 534 g/mol. The number of ether oxygens (including phenoxy) is 1. The molecule has 36 heavy (non-hydrogen) atoms. The predicted octanol–water partition coefficient (Wildman–Crippen LogP) is 9.03. The van der Waals surface area contributed by atoms with Crippen LogP contribution in [0, 0.1) is 0 Å². The molecule has 1 rings (SSSR count). The Kier molecular flexibility index (Phi) is 11.8. The van der Waals surface area contributed by atoms with Crippen LogP contribution < -0.4 is 0 Å². The van der Waals surface area contributed by atoms with E-state index in [1.54, 1.807) is 0 Å². The molecule has 0 radical (unpaired) electrons. The number of hydrogen-bond donors (Lipinski definition) is 0. The Morgan fingerprint density at radius 2 is 1.39 bits per heavy atom. The van der Waals surface area contributed by atoms with Crippen molar-refractivity contribution in [2.45, 2.75) is 95.1 Å². The normalized spacial score (nSPS) is 13.1. The maximum atomic E-state index is 13.9. The predicted molar refractivity (Wildman–Crippen MR) is 119 cm³/mol. The summed E-state index contributed by atoms with van der Waals surface area (Å²) in [5.74, 6) is -20.1. The number of hydrogen-bond acceptors (Lipinski definition) is 2. The van der Waals surface area contributed by atoms with Crippen molar-refractivity contribution in [2.24, 2.45) is 0 Å². The van der Waals surface area contributed by atoms with Crippen LogP contribution in [0.4, 0.5) is 39.5 Å². The van der Waals surface area contributed by atoms with E-state index in [0.717, 1.165) is 38.2 Å². The summed E-state index contributed by atoms with van der Waals surface area (Å²) in [5, 5.41) is 0. The number of carbonyl (C=O) groups is 1. The molecule has 206 valence electrons. The van der Waals surface area contributed by atoms with Crippen molar-refractivity contribution in [3.63, 3.8) is 0 Å². The highest BCUT2D eigenvalue weighted by Crippen LogP contribution is 2.54. The van der Waals surface area contributed by atoms with Gasteiger partial charge in [-0.05, 0) is 36.1 Å². The zero-order valence-corrected chi connectivity index (χ0v) is 20.0. The minimum absolute atomic E-state index is 0.0955. The molecule has 0 aliphatic heterocycles. The summed E-state index contributed by atoms with van der Waals surface area (Å²) in [4.78, 5) is 12.3. The van der Waals surface area contributed by atoms with Gasteiger partial charge < -0.3 is 4.74 Å². The second kappa shape index (κ2) is 13.4. The summed E-state index contributed by atoms with van der Waals surface area (Å²) in [5.41, 5.74) is -0.0443. The standard InChI is InChI=1S/C25H31F9O2/c1-3-5-6-7-8-9-10-11-14-36-21(35)20-16-18(4-2)15-19(17-20)12-13-22(26,27)23(28,29)24(30,31)25(32,33)34/h4,15-17H,2-3,5-14H2,1H3. The van der Waals surface area contributed by atoms with Crippen molar-refractivity contribution in [3.05, 3.63) is 41.5 Å². The quantitative estimate of drug-likeness (QED) is 0.120. The molecule has 0 aromatic heterocycles. The number of esters is 1. The number of halogens is 9. The maximum Gasteiger partial charge on any atom is 0.460 e. The molecule has 0 aliphatic rings. The lowest BCUT2D eigenvalue weighted by Gasteiger charge is -2.33. The van der Waals surface area contributed by atoms with Gasteiger partial charge in [-0.15, -0.1) is 0 Å². The first-order valence-electron chi connectivity index (χ1n) is 11.7. The Balaban J connectivity index is 2.77. The Hall–Kier alpha value is -2.20. The third-order valence-electron chi connectivity index (χ3n) is 5.65. The fraction of sp³-hybridized carbons (Fsp3) is 0.640. The maximum absolute atomic E-state index is 13.9. The van der Waals surface area contributed by atoms with Crippen LogP contribution in [0.1, 0.15) is 86.2 Å². The zero-order valence-electron chi connectivity index (χ0n) is 20.0. The number of benzene rings is 1. The van der Waals surface area contributed by atoms with E-state index in [9.17, 15) is 44.3 Å². The molecule has 0 aliphatic carbocycles. The third kappa shape index (κ3) is 8.44. The van der Waals surface area contributed by atoms with E-state index in [1.807, 2.05) is 0 Å². The lowest BCUT2D eigenvalue weighted by atomic mass is 9.95. The number of carbonyl (C=O) groups excluding carboxylic acids is 1. The average molecular weight is 535 g/mol. The molecular weight excluding hydrogens is 503 g/mol. The van der Waals surface area contributed by atoms with Gasteiger partial charge in [0.05, 0.1) is 12.2 Å². The first-order chi connectivity index (χ1) is 16.6. The molecule has 0 heterocycles. The smallest absolute Gasteiger partial charge is 0.460 e. The van der Waals surface area contributed by atoms with Gasteiger partial charge in [0.15, 0.2) is 0 Å². The fourth-order valence-electron chi connectivity index (χ4n) is 3.45. The van der Waals surface area contributed by atoms with Crippen LogP contribution in [0.5, 0.6) is 0 Å². The van der Waals surface area contributed by atoms with Crippen LogP contribution in [0.3, 0.4) is 0 Å². The van der Waals surface area contributed by atoms with E-state index in [0.29, 0.717) is 6.42 Å². The molecular formula is C25H31F9O2. The van der Waals surface area contributed by atoms with Crippen LogP contribution >= 0.6 is 0 Å². The van der Waals surface area contributed by atoms with E-state index in [-0.39, 0.29) is 23.3 Å². The Bertz CT molecular complexity index is 848. The van der Waals surface area contributed by atoms with Crippen LogP contribution in [-0.2, 0) is 11.2 Å². The van der Waals surface area contributed by atoms with Gasteiger partial charge in [-0.25, -0.2) is 4.79 Å². The molecule has 0 amide bonds. The molecule has 0 N–H and O–H groups in total. The molecule has 0 atom stereocenters. The lowest BCUT2D eigenvalue weighted by molar-refractivity contribution is -0.396. The van der Waals surface area contributed by atoms with E-state index < -0.39 is 42.8 Å². The number of unbranched alkanes of at least 4 members (excludes halogenated alkanes) is 7. The largest absolute Gasteiger partial charge is 0.462 e. The SMILES string of the molecule is C=Cc1cc(CCC(F)(F)C(F)(F)C(F)(F)C(F)(F)F)cc(C(=O)OCCCCCCCCCC)c1. The molecule has 0 bridgehead atoms. The van der Waals surface area contributed by atoms with Gasteiger partial charge >= 0.3 is 29.9 Å². The highest BCUT2D eigenvalue weighted by Gasteiger charge is 2.81. The Labute approximate surface area is 204 Å². The summed E-state index contributed by atoms with van der Waals surface area (Å²) in [6.07, 6.45) is -0.553. The minimum atomic E-state index is -6.93. The number of rotatable bonds is 16. The first kappa shape index (κ1) is 31.8. The minimum Gasteiger partial charge on any atom is -0.462 e. The third-order valence-corrected chi connectivity index (χ3v) is 5.65. The van der Waals surface area contributed by atoms with Gasteiger partial charge in [-0.1, -0.05) is 70.6 Å². The van der Waals surface area contributed by atoms with Crippen molar-refractivity contribution >= 4 is 12.0 Å². The molecule has 0 fully saturated rings. The number of alkyl halides is 9. The van der Waals surface area contributed by atoms with Crippen LogP contribution in [0.15, 0.2) is 24.8 Å². The fourth-order valence-corrected chi connectivity index (χ4v) is 3.45. The van der Waals surface area contributed by atoms with Crippen LogP contribution in [-0.4, -0.2) is 36.5 Å². The number of aryl methyl sites for hydroxylation is 1. The molecule has 0 saturated carbocycles. The van der Waals surface area contributed by atoms with Gasteiger partial charge in [-0.3, -0.25) is 0 Å². The highest BCUT2D eigenvalue weighted by atomic mass is 19.4. The van der Waals surface area contributed by atoms with Gasteiger partial charge in [0.1, 0.15) is 0 Å². The molecule has 0 unspecified atom stereocenters. The highest BCUT2D eigenvalue weighted by molar-refractivity contribution is 5.90. The molecule has 1 aromatic carbocycles. The van der Waals surface area contributed by atoms with Crippen molar-refractivity contribution in [1.82, 2.24) is 0 Å². The van der Waals surface area contributed by atoms with Crippen molar-refractivity contribution in [3.8, 4) is 0 Å².